The zero-order valence-electron chi connectivity index (χ0n) is 21.3. The summed E-state index contributed by atoms with van der Waals surface area (Å²) >= 11 is 6.67. The van der Waals surface area contributed by atoms with E-state index < -0.39 is 18.0 Å². The van der Waals surface area contributed by atoms with E-state index in [2.05, 4.69) is 52.8 Å². The molecule has 0 unspecified atom stereocenters. The molecule has 38 heavy (non-hydrogen) atoms. The van der Waals surface area contributed by atoms with Gasteiger partial charge in [-0.05, 0) is 36.0 Å². The van der Waals surface area contributed by atoms with Crippen LogP contribution in [0.25, 0.3) is 10.9 Å². The van der Waals surface area contributed by atoms with Crippen molar-refractivity contribution in [2.24, 2.45) is 5.41 Å². The number of anilines is 2. The van der Waals surface area contributed by atoms with Gasteiger partial charge in [0, 0.05) is 23.8 Å². The number of nitriles is 1. The maximum Gasteiger partial charge on any atom is 0.263 e. The van der Waals surface area contributed by atoms with Crippen molar-refractivity contribution in [3.05, 3.63) is 76.7 Å². The lowest BCUT2D eigenvalue weighted by atomic mass is 9.96. The number of nitrogens with one attached hydrogen (secondary N) is 2. The Morgan fingerprint density at radius 2 is 1.92 bits per heavy atom. The minimum Gasteiger partial charge on any atom is -0.383 e. The van der Waals surface area contributed by atoms with Gasteiger partial charge in [-0.25, -0.2) is 13.5 Å². The maximum absolute atomic E-state index is 13.7. The van der Waals surface area contributed by atoms with Gasteiger partial charge in [-0.1, -0.05) is 67.9 Å². The number of fused-ring (bicyclic) bond motifs is 1. The van der Waals surface area contributed by atoms with Gasteiger partial charge in [0.25, 0.3) is 6.43 Å². The van der Waals surface area contributed by atoms with Gasteiger partial charge in [-0.2, -0.15) is 5.26 Å². The van der Waals surface area contributed by atoms with E-state index in [1.807, 2.05) is 36.4 Å². The predicted molar refractivity (Wildman–Crippen MR) is 145 cm³/mol. The zero-order chi connectivity index (χ0) is 27.1. The van der Waals surface area contributed by atoms with Crippen molar-refractivity contribution in [3.8, 4) is 6.07 Å². The molecule has 0 radical (unpaired) electrons. The molecule has 0 spiro atoms. The summed E-state index contributed by atoms with van der Waals surface area (Å²) in [5, 5.41) is 26.1. The molecule has 1 saturated carbocycles. The molecule has 1 aliphatic carbocycles. The molecule has 4 aromatic rings. The van der Waals surface area contributed by atoms with Crippen LogP contribution in [0.3, 0.4) is 0 Å². The van der Waals surface area contributed by atoms with Crippen molar-refractivity contribution in [2.75, 3.05) is 17.2 Å². The van der Waals surface area contributed by atoms with Crippen molar-refractivity contribution in [1.29, 1.82) is 5.26 Å². The molecule has 0 bridgehead atoms. The second-order valence-electron chi connectivity index (χ2n) is 10.9. The number of hydrogen-bond donors (Lipinski definition) is 2. The van der Waals surface area contributed by atoms with Gasteiger partial charge in [0.05, 0.1) is 34.0 Å². The van der Waals surface area contributed by atoms with E-state index in [1.54, 1.807) is 12.3 Å². The van der Waals surface area contributed by atoms with Crippen LogP contribution in [-0.2, 0) is 5.54 Å². The lowest BCUT2D eigenvalue weighted by molar-refractivity contribution is 0.0593. The van der Waals surface area contributed by atoms with Crippen LogP contribution in [0.2, 0.25) is 5.02 Å². The molecular weight excluding hydrogens is 508 g/mol. The standard InChI is InChI=1S/C28H28ClF2N7/c1-27(2,3)16-34-23-18(13-32)14-33-25-20(23)11-19(12-21(25)29)35-24(17-7-5-4-6-8-17)22-15-38(37-36-22)28(9-10-28)26(30)31/h4-8,11-12,14-15,24,26,35H,9-10,16H2,1-3H3,(H,33,34)/t24-/m0/s1. The number of aromatic nitrogens is 4. The summed E-state index contributed by atoms with van der Waals surface area (Å²) in [6.07, 6.45) is 1.35. The monoisotopic (exact) mass is 535 g/mol. The largest absolute Gasteiger partial charge is 0.383 e. The molecular formula is C28H28ClF2N7. The molecule has 5 rings (SSSR count). The molecule has 10 heteroatoms. The molecule has 2 heterocycles. The summed E-state index contributed by atoms with van der Waals surface area (Å²) in [5.74, 6) is 0. The van der Waals surface area contributed by atoms with Crippen LogP contribution in [0, 0.1) is 16.7 Å². The van der Waals surface area contributed by atoms with Gasteiger partial charge in [-0.3, -0.25) is 4.98 Å². The molecule has 0 saturated heterocycles. The van der Waals surface area contributed by atoms with Crippen LogP contribution in [0.1, 0.15) is 56.5 Å². The average molecular weight is 536 g/mol. The summed E-state index contributed by atoms with van der Waals surface area (Å²) in [7, 11) is 0. The molecule has 0 aliphatic heterocycles. The first-order valence-corrected chi connectivity index (χ1v) is 12.8. The second-order valence-corrected chi connectivity index (χ2v) is 11.3. The minimum atomic E-state index is -2.51. The van der Waals surface area contributed by atoms with E-state index >= 15 is 0 Å². The molecule has 1 aliphatic rings. The van der Waals surface area contributed by atoms with E-state index in [0.29, 0.717) is 57.9 Å². The van der Waals surface area contributed by atoms with Crippen LogP contribution < -0.4 is 10.6 Å². The van der Waals surface area contributed by atoms with Gasteiger partial charge >= 0.3 is 0 Å². The molecule has 2 N–H and O–H groups in total. The summed E-state index contributed by atoms with van der Waals surface area (Å²) in [6, 6.07) is 15.0. The van der Waals surface area contributed by atoms with Gasteiger partial charge in [0.2, 0.25) is 0 Å². The molecule has 0 amide bonds. The highest BCUT2D eigenvalue weighted by Crippen LogP contribution is 2.48. The Balaban J connectivity index is 1.57. The third kappa shape index (κ3) is 5.01. The normalized spacial score (nSPS) is 15.3. The topological polar surface area (TPSA) is 91.5 Å². The van der Waals surface area contributed by atoms with Crippen LogP contribution >= 0.6 is 11.6 Å². The SMILES string of the molecule is CC(C)(C)CNc1c(C#N)cnc2c(Cl)cc(N[C@@H](c3ccccc3)c3cn(C4(C(F)F)CC4)nn3)cc12. The van der Waals surface area contributed by atoms with Gasteiger partial charge in [0.15, 0.2) is 0 Å². The number of pyridine rings is 1. The molecule has 1 atom stereocenters. The summed E-state index contributed by atoms with van der Waals surface area (Å²) in [6.45, 7) is 6.95. The first kappa shape index (κ1) is 25.9. The van der Waals surface area contributed by atoms with E-state index in [9.17, 15) is 14.0 Å². The van der Waals surface area contributed by atoms with Crippen LogP contribution in [0.5, 0.6) is 0 Å². The number of benzene rings is 2. The molecule has 2 aromatic heterocycles. The van der Waals surface area contributed by atoms with Crippen molar-refractivity contribution in [1.82, 2.24) is 20.0 Å². The quantitative estimate of drug-likeness (QED) is 0.259. The van der Waals surface area contributed by atoms with Gasteiger partial charge in [-0.15, -0.1) is 5.10 Å². The van der Waals surface area contributed by atoms with Crippen molar-refractivity contribution in [3.63, 3.8) is 0 Å². The van der Waals surface area contributed by atoms with E-state index in [0.717, 1.165) is 5.56 Å². The Labute approximate surface area is 224 Å². The van der Waals surface area contributed by atoms with Crippen LogP contribution in [0.4, 0.5) is 20.2 Å². The highest BCUT2D eigenvalue weighted by atomic mass is 35.5. The first-order chi connectivity index (χ1) is 18.1. The number of nitrogens with zero attached hydrogens (tertiary/aromatic N) is 5. The summed E-state index contributed by atoms with van der Waals surface area (Å²) in [4.78, 5) is 4.43. The van der Waals surface area contributed by atoms with Crippen LogP contribution in [0.15, 0.2) is 54.9 Å². The Bertz CT molecular complexity index is 1500. The smallest absolute Gasteiger partial charge is 0.263 e. The zero-order valence-corrected chi connectivity index (χ0v) is 22.1. The molecule has 1 fully saturated rings. The lowest BCUT2D eigenvalue weighted by Gasteiger charge is -2.22. The second kappa shape index (κ2) is 9.84. The lowest BCUT2D eigenvalue weighted by Crippen LogP contribution is -2.26. The van der Waals surface area contributed by atoms with Gasteiger partial charge in [0.1, 0.15) is 17.3 Å². The number of alkyl halides is 2. The first-order valence-electron chi connectivity index (χ1n) is 12.4. The molecule has 7 nitrogen and oxygen atoms in total. The highest BCUT2D eigenvalue weighted by molar-refractivity contribution is 6.35. The van der Waals surface area contributed by atoms with E-state index in [4.69, 9.17) is 11.6 Å². The highest BCUT2D eigenvalue weighted by Gasteiger charge is 2.54. The Morgan fingerprint density at radius 3 is 2.55 bits per heavy atom. The number of rotatable bonds is 8. The fraction of sp³-hybridized carbons (Fsp3) is 0.357. The predicted octanol–water partition coefficient (Wildman–Crippen LogP) is 6.77. The molecule has 196 valence electrons. The fourth-order valence-electron chi connectivity index (χ4n) is 4.41. The third-order valence-corrected chi connectivity index (χ3v) is 7.00. The van der Waals surface area contributed by atoms with Crippen molar-refractivity contribution in [2.45, 2.75) is 51.6 Å². The van der Waals surface area contributed by atoms with Crippen molar-refractivity contribution >= 4 is 33.9 Å². The number of halogens is 3. The minimum absolute atomic E-state index is 0.0245. The molecule has 2 aromatic carbocycles. The average Bonchev–Trinajstić information content (AvgIpc) is 3.56. The van der Waals surface area contributed by atoms with Crippen molar-refractivity contribution < 1.29 is 8.78 Å². The van der Waals surface area contributed by atoms with E-state index in [-0.39, 0.29) is 5.41 Å². The summed E-state index contributed by atoms with van der Waals surface area (Å²) in [5.41, 5.74) is 2.41. The fourth-order valence-corrected chi connectivity index (χ4v) is 4.68. The Kier molecular flexibility index (Phi) is 6.70. The maximum atomic E-state index is 13.7. The third-order valence-electron chi connectivity index (χ3n) is 6.72. The van der Waals surface area contributed by atoms with Gasteiger partial charge < -0.3 is 10.6 Å². The number of hydrogen-bond acceptors (Lipinski definition) is 6. The Hall–Kier alpha value is -3.77. The summed E-state index contributed by atoms with van der Waals surface area (Å²) < 4.78 is 28.7. The van der Waals surface area contributed by atoms with Crippen LogP contribution in [-0.4, -0.2) is 32.9 Å². The Morgan fingerprint density at radius 1 is 1.18 bits per heavy atom. The van der Waals surface area contributed by atoms with E-state index in [1.165, 1.54) is 10.9 Å².